The van der Waals surface area contributed by atoms with Crippen LogP contribution < -0.4 is 10.1 Å². The van der Waals surface area contributed by atoms with Crippen molar-refractivity contribution in [2.75, 3.05) is 18.5 Å². The van der Waals surface area contributed by atoms with Crippen LogP contribution in [0.4, 0.5) is 24.5 Å². The van der Waals surface area contributed by atoms with E-state index in [0.717, 1.165) is 12.1 Å². The molecule has 1 aliphatic rings. The van der Waals surface area contributed by atoms with Crippen molar-refractivity contribution in [1.82, 2.24) is 0 Å². The van der Waals surface area contributed by atoms with Crippen LogP contribution in [0.5, 0.6) is 5.75 Å². The molecule has 0 saturated heterocycles. The van der Waals surface area contributed by atoms with Gasteiger partial charge >= 0.3 is 12.1 Å². The third-order valence-corrected chi connectivity index (χ3v) is 4.31. The Balaban J connectivity index is 1.67. The number of halogens is 4. The van der Waals surface area contributed by atoms with Gasteiger partial charge in [0.15, 0.2) is 6.61 Å². The lowest BCUT2D eigenvalue weighted by Gasteiger charge is -2.17. The molecule has 0 radical (unpaired) electrons. The van der Waals surface area contributed by atoms with Crippen molar-refractivity contribution < 1.29 is 37.2 Å². The van der Waals surface area contributed by atoms with Gasteiger partial charge in [-0.25, -0.2) is 4.79 Å². The minimum atomic E-state index is -4.95. The normalized spacial score (nSPS) is 12.8. The second-order valence-corrected chi connectivity index (χ2v) is 6.69. The molecule has 8 nitrogen and oxygen atoms in total. The molecule has 0 atom stereocenters. The minimum absolute atomic E-state index is 0.0777. The van der Waals surface area contributed by atoms with Crippen LogP contribution >= 0.6 is 11.6 Å². The summed E-state index contributed by atoms with van der Waals surface area (Å²) in [7, 11) is 0. The van der Waals surface area contributed by atoms with Crippen molar-refractivity contribution >= 4 is 40.9 Å². The van der Waals surface area contributed by atoms with E-state index >= 15 is 0 Å². The number of amides is 1. The number of nitrogens with zero attached hydrogens (tertiary/aromatic N) is 1. The van der Waals surface area contributed by atoms with Gasteiger partial charge < -0.3 is 14.8 Å². The molecule has 0 unspecified atom stereocenters. The maximum Gasteiger partial charge on any atom is 0.418 e. The first-order valence-electron chi connectivity index (χ1n) is 8.50. The molecule has 0 saturated carbocycles. The highest BCUT2D eigenvalue weighted by Crippen LogP contribution is 2.37. The highest BCUT2D eigenvalue weighted by molar-refractivity contribution is 6.30. The van der Waals surface area contributed by atoms with Gasteiger partial charge in [-0.3, -0.25) is 14.9 Å². The highest BCUT2D eigenvalue weighted by Gasteiger charge is 2.35. The molecule has 1 heterocycles. The van der Waals surface area contributed by atoms with Gasteiger partial charge in [-0.15, -0.1) is 0 Å². The van der Waals surface area contributed by atoms with Gasteiger partial charge in [-0.2, -0.15) is 13.2 Å². The fourth-order valence-electron chi connectivity index (χ4n) is 2.67. The first-order chi connectivity index (χ1) is 14.5. The van der Waals surface area contributed by atoms with Crippen molar-refractivity contribution in [2.24, 2.45) is 0 Å². The Labute approximate surface area is 177 Å². The number of nitrogens with one attached hydrogen (secondary N) is 1. The Morgan fingerprint density at radius 1 is 1.23 bits per heavy atom. The van der Waals surface area contributed by atoms with Crippen LogP contribution in [-0.2, 0) is 20.5 Å². The predicted octanol–water partition coefficient (Wildman–Crippen LogP) is 4.22. The van der Waals surface area contributed by atoms with Crippen LogP contribution in [0.2, 0.25) is 5.02 Å². The van der Waals surface area contributed by atoms with E-state index < -0.39 is 46.5 Å². The fourth-order valence-corrected chi connectivity index (χ4v) is 2.85. The second-order valence-electron chi connectivity index (χ2n) is 6.25. The third-order valence-electron chi connectivity index (χ3n) is 4.07. The number of fused-ring (bicyclic) bond motifs is 1. The highest BCUT2D eigenvalue weighted by atomic mass is 35.5. The molecule has 1 aliphatic heterocycles. The van der Waals surface area contributed by atoms with Crippen LogP contribution in [0, 0.1) is 10.1 Å². The van der Waals surface area contributed by atoms with Crippen LogP contribution in [-0.4, -0.2) is 30.0 Å². The molecule has 2 aromatic carbocycles. The number of esters is 1. The minimum Gasteiger partial charge on any atom is -0.488 e. The number of non-ortho nitro benzene ring substituents is 1. The van der Waals surface area contributed by atoms with E-state index in [1.807, 2.05) is 5.32 Å². The van der Waals surface area contributed by atoms with E-state index in [2.05, 4.69) is 0 Å². The summed E-state index contributed by atoms with van der Waals surface area (Å²) in [6, 6.07) is 6.64. The Kier molecular flexibility index (Phi) is 6.16. The Bertz CT molecular complexity index is 1100. The molecule has 0 fully saturated rings. The molecular weight excluding hydrogens is 445 g/mol. The van der Waals surface area contributed by atoms with Crippen LogP contribution in [0.15, 0.2) is 42.0 Å². The zero-order valence-corrected chi connectivity index (χ0v) is 16.1. The van der Waals surface area contributed by atoms with Gasteiger partial charge in [-0.1, -0.05) is 11.6 Å². The van der Waals surface area contributed by atoms with Gasteiger partial charge in [0.1, 0.15) is 12.4 Å². The van der Waals surface area contributed by atoms with Gasteiger partial charge in [0.2, 0.25) is 0 Å². The summed E-state index contributed by atoms with van der Waals surface area (Å²) in [6.45, 7) is -1.01. The third kappa shape index (κ3) is 5.31. The van der Waals surface area contributed by atoms with Gasteiger partial charge in [0.25, 0.3) is 11.6 Å². The van der Waals surface area contributed by atoms with E-state index in [4.69, 9.17) is 21.1 Å². The number of benzene rings is 2. The summed E-state index contributed by atoms with van der Waals surface area (Å²) in [5, 5.41) is 13.1. The molecule has 31 heavy (non-hydrogen) atoms. The molecule has 0 bridgehead atoms. The predicted molar refractivity (Wildman–Crippen MR) is 103 cm³/mol. The van der Waals surface area contributed by atoms with E-state index in [1.54, 1.807) is 18.2 Å². The number of carbonyl (C=O) groups is 2. The average Bonchev–Trinajstić information content (AvgIpc) is 2.70. The monoisotopic (exact) mass is 456 g/mol. The second kappa shape index (κ2) is 8.64. The van der Waals surface area contributed by atoms with E-state index in [9.17, 15) is 32.9 Å². The maximum atomic E-state index is 13.2. The summed E-state index contributed by atoms with van der Waals surface area (Å²) < 4.78 is 49.7. The number of nitro groups is 1. The molecule has 2 aromatic rings. The van der Waals surface area contributed by atoms with E-state index in [1.165, 1.54) is 6.08 Å². The number of hydrogen-bond acceptors (Lipinski definition) is 6. The lowest BCUT2D eigenvalue weighted by Crippen LogP contribution is -2.25. The first kappa shape index (κ1) is 22.1. The van der Waals surface area contributed by atoms with Gasteiger partial charge in [-0.05, 0) is 30.3 Å². The fraction of sp³-hybridized carbons (Fsp3) is 0.158. The number of alkyl halides is 3. The van der Waals surface area contributed by atoms with Gasteiger partial charge in [0, 0.05) is 22.7 Å². The summed E-state index contributed by atoms with van der Waals surface area (Å²) >= 11 is 5.88. The van der Waals surface area contributed by atoms with Crippen LogP contribution in [0.25, 0.3) is 6.08 Å². The van der Waals surface area contributed by atoms with Crippen LogP contribution in [0.3, 0.4) is 0 Å². The first-order valence-corrected chi connectivity index (χ1v) is 8.88. The number of anilines is 1. The number of ether oxygens (including phenoxy) is 2. The molecular formula is C19H12ClF3N2O6. The van der Waals surface area contributed by atoms with E-state index in [0.29, 0.717) is 22.4 Å². The van der Waals surface area contributed by atoms with Crippen molar-refractivity contribution in [3.8, 4) is 5.75 Å². The SMILES string of the molecule is O=C(COC(=O)C1=Cc2cc(Cl)ccc2OC1)Nc1ccc([N+](=O)[O-])cc1C(F)(F)F. The molecule has 0 aromatic heterocycles. The Hall–Kier alpha value is -3.60. The Morgan fingerprint density at radius 3 is 2.65 bits per heavy atom. The number of nitro benzene ring substituents is 1. The summed E-state index contributed by atoms with van der Waals surface area (Å²) in [5.74, 6) is -1.47. The quantitative estimate of drug-likeness (QED) is 0.410. The molecule has 1 N–H and O–H groups in total. The maximum absolute atomic E-state index is 13.2. The molecule has 3 rings (SSSR count). The standard InChI is InChI=1S/C19H12ClF3N2O6/c20-12-1-4-16-10(6-12)5-11(8-30-16)18(27)31-9-17(26)24-15-3-2-13(25(28)29)7-14(15)19(21,22)23/h1-7H,8-9H2,(H,24,26). The molecule has 0 spiro atoms. The number of rotatable bonds is 5. The number of hydrogen-bond donors (Lipinski definition) is 1. The van der Waals surface area contributed by atoms with Gasteiger partial charge in [0.05, 0.1) is 21.7 Å². The zero-order chi connectivity index (χ0) is 22.8. The molecule has 1 amide bonds. The topological polar surface area (TPSA) is 108 Å². The smallest absolute Gasteiger partial charge is 0.418 e. The van der Waals surface area contributed by atoms with E-state index in [-0.39, 0.29) is 12.2 Å². The summed E-state index contributed by atoms with van der Waals surface area (Å²) in [4.78, 5) is 33.9. The summed E-state index contributed by atoms with van der Waals surface area (Å²) in [5.41, 5.74) is -2.30. The number of carbonyl (C=O) groups excluding carboxylic acids is 2. The van der Waals surface area contributed by atoms with Crippen molar-refractivity contribution in [3.05, 3.63) is 68.2 Å². The van der Waals surface area contributed by atoms with Crippen molar-refractivity contribution in [2.45, 2.75) is 6.18 Å². The zero-order valence-electron chi connectivity index (χ0n) is 15.4. The average molecular weight is 457 g/mol. The molecule has 0 aliphatic carbocycles. The van der Waals surface area contributed by atoms with Crippen molar-refractivity contribution in [1.29, 1.82) is 0 Å². The lowest BCUT2D eigenvalue weighted by atomic mass is 10.1. The summed E-state index contributed by atoms with van der Waals surface area (Å²) in [6.07, 6.45) is -3.49. The lowest BCUT2D eigenvalue weighted by molar-refractivity contribution is -0.385. The molecule has 162 valence electrons. The Morgan fingerprint density at radius 2 is 1.97 bits per heavy atom. The molecule has 12 heteroatoms. The van der Waals surface area contributed by atoms with Crippen LogP contribution in [0.1, 0.15) is 11.1 Å². The van der Waals surface area contributed by atoms with Crippen molar-refractivity contribution in [3.63, 3.8) is 0 Å². The largest absolute Gasteiger partial charge is 0.488 e.